The highest BCUT2D eigenvalue weighted by Gasteiger charge is 2.26. The zero-order valence-corrected chi connectivity index (χ0v) is 15.2. The van der Waals surface area contributed by atoms with Crippen molar-refractivity contribution < 1.29 is 0 Å². The zero-order valence-electron chi connectivity index (χ0n) is 15.2. The molecule has 0 bridgehead atoms. The first-order valence-electron chi connectivity index (χ1n) is 9.40. The molecule has 2 aliphatic rings. The van der Waals surface area contributed by atoms with Gasteiger partial charge in [0.05, 0.1) is 17.7 Å². The van der Waals surface area contributed by atoms with E-state index in [4.69, 9.17) is 0 Å². The second kappa shape index (κ2) is 7.15. The van der Waals surface area contributed by atoms with Gasteiger partial charge in [0.15, 0.2) is 0 Å². The van der Waals surface area contributed by atoms with Crippen molar-refractivity contribution in [3.63, 3.8) is 0 Å². The van der Waals surface area contributed by atoms with E-state index in [0.29, 0.717) is 11.8 Å². The maximum Gasteiger partial charge on any atom is 0.266 e. The standard InChI is InChI=1S/C19H25N5O2/c1-22-18(25)5-4-16(21-22)12-23-8-6-14(7-9-23)11-24-13-20-17(10-19(24)26)15-2-3-15/h4-5,10,13-15H,2-3,6-9,11-12H2,1H3. The van der Waals surface area contributed by atoms with Crippen molar-refractivity contribution in [3.8, 4) is 0 Å². The second-order valence-corrected chi connectivity index (χ2v) is 7.58. The minimum Gasteiger partial charge on any atom is -0.299 e. The Morgan fingerprint density at radius 3 is 2.50 bits per heavy atom. The zero-order chi connectivity index (χ0) is 18.1. The molecule has 2 aromatic rings. The summed E-state index contributed by atoms with van der Waals surface area (Å²) in [4.78, 5) is 30.5. The Hall–Kier alpha value is -2.28. The molecule has 1 aliphatic carbocycles. The molecule has 0 radical (unpaired) electrons. The summed E-state index contributed by atoms with van der Waals surface area (Å²) >= 11 is 0. The van der Waals surface area contributed by atoms with Crippen LogP contribution in [0.4, 0.5) is 0 Å². The van der Waals surface area contributed by atoms with Gasteiger partial charge in [-0.25, -0.2) is 9.67 Å². The van der Waals surface area contributed by atoms with Gasteiger partial charge in [0, 0.05) is 38.2 Å². The van der Waals surface area contributed by atoms with E-state index in [1.807, 2.05) is 0 Å². The summed E-state index contributed by atoms with van der Waals surface area (Å²) in [6, 6.07) is 5.10. The molecule has 7 heteroatoms. The Morgan fingerprint density at radius 2 is 1.85 bits per heavy atom. The Morgan fingerprint density at radius 1 is 1.08 bits per heavy atom. The monoisotopic (exact) mass is 355 g/mol. The number of piperidine rings is 1. The topological polar surface area (TPSA) is 73.0 Å². The highest BCUT2D eigenvalue weighted by molar-refractivity contribution is 5.12. The summed E-state index contributed by atoms with van der Waals surface area (Å²) in [5.41, 5.74) is 1.88. The van der Waals surface area contributed by atoms with Gasteiger partial charge < -0.3 is 0 Å². The number of aryl methyl sites for hydroxylation is 1. The first-order chi connectivity index (χ1) is 12.6. The highest BCUT2D eigenvalue weighted by Crippen LogP contribution is 2.38. The van der Waals surface area contributed by atoms with E-state index >= 15 is 0 Å². The van der Waals surface area contributed by atoms with Crippen LogP contribution in [0, 0.1) is 5.92 Å². The van der Waals surface area contributed by atoms with Gasteiger partial charge in [-0.2, -0.15) is 5.10 Å². The summed E-state index contributed by atoms with van der Waals surface area (Å²) in [7, 11) is 1.68. The lowest BCUT2D eigenvalue weighted by atomic mass is 9.96. The molecule has 7 nitrogen and oxygen atoms in total. The van der Waals surface area contributed by atoms with E-state index in [1.165, 1.54) is 17.5 Å². The van der Waals surface area contributed by atoms with Crippen molar-refractivity contribution >= 4 is 0 Å². The smallest absolute Gasteiger partial charge is 0.266 e. The summed E-state index contributed by atoms with van der Waals surface area (Å²) in [5, 5.41) is 4.30. The molecule has 0 atom stereocenters. The molecule has 0 unspecified atom stereocenters. The van der Waals surface area contributed by atoms with E-state index in [9.17, 15) is 9.59 Å². The minimum atomic E-state index is -0.0841. The van der Waals surface area contributed by atoms with Crippen molar-refractivity contribution in [2.24, 2.45) is 13.0 Å². The third-order valence-corrected chi connectivity index (χ3v) is 5.46. The molecular formula is C19H25N5O2. The average Bonchev–Trinajstić information content (AvgIpc) is 3.47. The summed E-state index contributed by atoms with van der Waals surface area (Å²) in [6.07, 6.45) is 6.18. The normalized spacial score (nSPS) is 19.0. The van der Waals surface area contributed by atoms with Crippen molar-refractivity contribution in [1.82, 2.24) is 24.2 Å². The van der Waals surface area contributed by atoms with Crippen LogP contribution in [0.3, 0.4) is 0 Å². The van der Waals surface area contributed by atoms with Crippen molar-refractivity contribution in [2.75, 3.05) is 13.1 Å². The van der Waals surface area contributed by atoms with Crippen LogP contribution in [0.2, 0.25) is 0 Å². The molecule has 1 aliphatic heterocycles. The molecule has 1 saturated carbocycles. The molecule has 138 valence electrons. The van der Waals surface area contributed by atoms with Crippen LogP contribution >= 0.6 is 0 Å². The molecule has 4 rings (SSSR count). The van der Waals surface area contributed by atoms with Gasteiger partial charge >= 0.3 is 0 Å². The number of hydrogen-bond donors (Lipinski definition) is 0. The average molecular weight is 355 g/mol. The van der Waals surface area contributed by atoms with E-state index in [0.717, 1.165) is 50.4 Å². The van der Waals surface area contributed by atoms with Crippen LogP contribution in [0.5, 0.6) is 0 Å². The summed E-state index contributed by atoms with van der Waals surface area (Å²) in [6.45, 7) is 3.48. The lowest BCUT2D eigenvalue weighted by molar-refractivity contribution is 0.164. The molecule has 0 amide bonds. The SMILES string of the molecule is Cn1nc(CN2CCC(Cn3cnc(C4CC4)cc3=O)CC2)ccc1=O. The third kappa shape index (κ3) is 3.93. The predicted molar refractivity (Wildman–Crippen MR) is 98.0 cm³/mol. The van der Waals surface area contributed by atoms with Gasteiger partial charge in [-0.15, -0.1) is 0 Å². The second-order valence-electron chi connectivity index (χ2n) is 7.58. The van der Waals surface area contributed by atoms with Crippen LogP contribution in [-0.4, -0.2) is 37.3 Å². The van der Waals surface area contributed by atoms with Gasteiger partial charge in [0.25, 0.3) is 11.1 Å². The van der Waals surface area contributed by atoms with Crippen LogP contribution < -0.4 is 11.1 Å². The fourth-order valence-corrected chi connectivity index (χ4v) is 3.65. The van der Waals surface area contributed by atoms with Crippen LogP contribution in [-0.2, 0) is 20.1 Å². The number of aromatic nitrogens is 4. The number of nitrogens with zero attached hydrogens (tertiary/aromatic N) is 5. The van der Waals surface area contributed by atoms with Crippen LogP contribution in [0.25, 0.3) is 0 Å². The number of hydrogen-bond acceptors (Lipinski definition) is 5. The highest BCUT2D eigenvalue weighted by atomic mass is 16.1. The number of rotatable bonds is 5. The fraction of sp³-hybridized carbons (Fsp3) is 0.579. The lowest BCUT2D eigenvalue weighted by Gasteiger charge is -2.31. The first kappa shape index (κ1) is 17.1. The molecule has 26 heavy (non-hydrogen) atoms. The van der Waals surface area contributed by atoms with Crippen molar-refractivity contribution in [1.29, 1.82) is 0 Å². The molecule has 0 aromatic carbocycles. The molecule has 2 fully saturated rings. The predicted octanol–water partition coefficient (Wildman–Crippen LogP) is 1.13. The van der Waals surface area contributed by atoms with E-state index in [2.05, 4.69) is 15.0 Å². The Balaban J connectivity index is 1.31. The fourth-order valence-electron chi connectivity index (χ4n) is 3.65. The molecule has 2 aromatic heterocycles. The summed E-state index contributed by atoms with van der Waals surface area (Å²) in [5.74, 6) is 1.03. The van der Waals surface area contributed by atoms with Crippen molar-refractivity contribution in [3.05, 3.63) is 56.6 Å². The van der Waals surface area contributed by atoms with E-state index in [-0.39, 0.29) is 11.1 Å². The van der Waals surface area contributed by atoms with E-state index < -0.39 is 0 Å². The third-order valence-electron chi connectivity index (χ3n) is 5.46. The van der Waals surface area contributed by atoms with Gasteiger partial charge in [-0.3, -0.25) is 19.1 Å². The van der Waals surface area contributed by atoms with Crippen molar-refractivity contribution in [2.45, 2.75) is 44.7 Å². The minimum absolute atomic E-state index is 0.0822. The molecule has 0 spiro atoms. The van der Waals surface area contributed by atoms with Gasteiger partial charge in [0.1, 0.15) is 0 Å². The summed E-state index contributed by atoms with van der Waals surface area (Å²) < 4.78 is 3.15. The Labute approximate surface area is 152 Å². The maximum absolute atomic E-state index is 12.3. The molecule has 3 heterocycles. The largest absolute Gasteiger partial charge is 0.299 e. The quantitative estimate of drug-likeness (QED) is 0.804. The maximum atomic E-state index is 12.3. The van der Waals surface area contributed by atoms with E-state index in [1.54, 1.807) is 36.1 Å². The molecule has 1 saturated heterocycles. The van der Waals surface area contributed by atoms with Gasteiger partial charge in [-0.1, -0.05) is 0 Å². The lowest BCUT2D eigenvalue weighted by Crippen LogP contribution is -2.36. The molecular weight excluding hydrogens is 330 g/mol. The van der Waals surface area contributed by atoms with Gasteiger partial charge in [0.2, 0.25) is 0 Å². The first-order valence-corrected chi connectivity index (χ1v) is 9.40. The molecule has 0 N–H and O–H groups in total. The van der Waals surface area contributed by atoms with Crippen LogP contribution in [0.1, 0.15) is 43.0 Å². The Bertz CT molecular complexity index is 891. The van der Waals surface area contributed by atoms with Crippen LogP contribution in [0.15, 0.2) is 34.1 Å². The number of likely N-dealkylation sites (tertiary alicyclic amines) is 1. The van der Waals surface area contributed by atoms with Gasteiger partial charge in [-0.05, 0) is 50.8 Å². The Kier molecular flexibility index (Phi) is 4.72.